The van der Waals surface area contributed by atoms with Crippen LogP contribution in [0.2, 0.25) is 0 Å². The van der Waals surface area contributed by atoms with Gasteiger partial charge in [0.25, 0.3) is 0 Å². The van der Waals surface area contributed by atoms with Crippen molar-refractivity contribution in [1.82, 2.24) is 0 Å². The molecule has 0 aliphatic rings. The van der Waals surface area contributed by atoms with E-state index in [9.17, 15) is 4.79 Å². The third-order valence-electron chi connectivity index (χ3n) is 4.61. The van der Waals surface area contributed by atoms with Crippen molar-refractivity contribution in [3.63, 3.8) is 0 Å². The fraction of sp³-hybridized carbons (Fsp3) is 0.296. The van der Waals surface area contributed by atoms with E-state index in [1.807, 2.05) is 6.92 Å². The minimum atomic E-state index is -0.446. The number of rotatable bonds is 10. The summed E-state index contributed by atoms with van der Waals surface area (Å²) in [5.41, 5.74) is 0. The smallest absolute Gasteiger partial charge is 0.305 e. The molecular weight excluding hydrogens is 467 g/mol. The molecule has 0 N–H and O–H groups in total. The van der Waals surface area contributed by atoms with Gasteiger partial charge < -0.3 is 4.74 Å². The van der Waals surface area contributed by atoms with Crippen LogP contribution in [0.15, 0.2) is 91.0 Å². The fourth-order valence-electron chi connectivity index (χ4n) is 3.13. The largest absolute Gasteiger partial charge is 0.466 e. The van der Waals surface area contributed by atoms with Crippen molar-refractivity contribution in [3.05, 3.63) is 91.0 Å². The molecule has 0 amide bonds. The molecule has 164 valence electrons. The number of hydrogen-bond acceptors (Lipinski definition) is 2. The molecule has 0 aliphatic carbocycles. The van der Waals surface area contributed by atoms with E-state index >= 15 is 0 Å². The zero-order valence-electron chi connectivity index (χ0n) is 18.3. The second-order valence-electron chi connectivity index (χ2n) is 7.00. The average molecular weight is 499 g/mol. The van der Waals surface area contributed by atoms with Crippen LogP contribution < -0.4 is 15.9 Å². The van der Waals surface area contributed by atoms with Crippen molar-refractivity contribution in [2.24, 2.45) is 0 Å². The van der Waals surface area contributed by atoms with Crippen molar-refractivity contribution >= 4 is 45.7 Å². The first-order valence-corrected chi connectivity index (χ1v) is 13.4. The zero-order valence-corrected chi connectivity index (χ0v) is 20.7. The number of unbranched alkanes of at least 4 members (excludes halogenated alkanes) is 3. The van der Waals surface area contributed by atoms with E-state index in [2.05, 4.69) is 107 Å². The Morgan fingerprint density at radius 1 is 0.710 bits per heavy atom. The summed E-state index contributed by atoms with van der Waals surface area (Å²) in [6.07, 6.45) is 5.07. The van der Waals surface area contributed by atoms with Gasteiger partial charge in [-0.1, -0.05) is 120 Å². The normalized spacial score (nSPS) is 10.3. The lowest BCUT2D eigenvalue weighted by Gasteiger charge is -2.18. The highest BCUT2D eigenvalue weighted by atomic mass is 79.9. The highest BCUT2D eigenvalue weighted by molar-refractivity contribution is 9.09. The summed E-state index contributed by atoms with van der Waals surface area (Å²) in [4.78, 5) is 10.8. The van der Waals surface area contributed by atoms with Crippen LogP contribution in [0, 0.1) is 0 Å². The predicted octanol–water partition coefficient (Wildman–Crippen LogP) is 6.34. The Labute approximate surface area is 196 Å². The van der Waals surface area contributed by atoms with Gasteiger partial charge in [0.2, 0.25) is 0 Å². The molecule has 0 fully saturated rings. The average Bonchev–Trinajstić information content (AvgIpc) is 2.82. The molecule has 0 atom stereocenters. The van der Waals surface area contributed by atoms with Crippen LogP contribution in [0.25, 0.3) is 0 Å². The molecule has 31 heavy (non-hydrogen) atoms. The number of alkyl halides is 1. The van der Waals surface area contributed by atoms with Crippen LogP contribution in [0.3, 0.4) is 0 Å². The van der Waals surface area contributed by atoms with E-state index in [0.717, 1.165) is 18.2 Å². The number of ether oxygens (including phenoxy) is 1. The quantitative estimate of drug-likeness (QED) is 0.141. The molecule has 4 heteroatoms. The molecule has 0 bridgehead atoms. The second kappa shape index (κ2) is 15.8. The molecular formula is C27H32BrO2P. The SMILES string of the molecule is CCOC(=O)CCCCCCBr.c1ccc(P(c2ccccc2)c2ccccc2)cc1. The number of esters is 1. The Morgan fingerprint density at radius 2 is 1.13 bits per heavy atom. The first-order valence-electron chi connectivity index (χ1n) is 10.9. The lowest BCUT2D eigenvalue weighted by molar-refractivity contribution is -0.143. The molecule has 0 unspecified atom stereocenters. The number of carbonyl (C=O) groups excluding carboxylic acids is 1. The van der Waals surface area contributed by atoms with Crippen LogP contribution in [0.1, 0.15) is 39.0 Å². The lowest BCUT2D eigenvalue weighted by atomic mass is 10.2. The molecule has 0 saturated heterocycles. The molecule has 3 aromatic carbocycles. The minimum absolute atomic E-state index is 0.0589. The van der Waals surface area contributed by atoms with Crippen LogP contribution in [0.5, 0.6) is 0 Å². The maximum Gasteiger partial charge on any atom is 0.305 e. The Bertz CT molecular complexity index is 747. The lowest BCUT2D eigenvalue weighted by Crippen LogP contribution is -2.20. The molecule has 0 aliphatic heterocycles. The molecule has 0 radical (unpaired) electrons. The summed E-state index contributed by atoms with van der Waals surface area (Å²) in [5, 5.41) is 5.26. The maximum atomic E-state index is 10.8. The minimum Gasteiger partial charge on any atom is -0.466 e. The Morgan fingerprint density at radius 3 is 1.52 bits per heavy atom. The van der Waals surface area contributed by atoms with Gasteiger partial charge in [-0.15, -0.1) is 0 Å². The Kier molecular flexibility index (Phi) is 12.9. The van der Waals surface area contributed by atoms with Crippen molar-refractivity contribution < 1.29 is 9.53 Å². The number of halogens is 1. The van der Waals surface area contributed by atoms with E-state index in [1.54, 1.807) is 0 Å². The van der Waals surface area contributed by atoms with Crippen LogP contribution in [-0.2, 0) is 9.53 Å². The van der Waals surface area contributed by atoms with Gasteiger partial charge in [-0.3, -0.25) is 4.79 Å². The standard InChI is InChI=1S/C18H15P.C9H17BrO2/c1-4-10-16(11-5-1)19(17-12-6-2-7-13-17)18-14-8-3-9-15-18;1-2-12-9(11)7-5-3-4-6-8-10/h1-15H;2-8H2,1H3. The van der Waals surface area contributed by atoms with E-state index < -0.39 is 7.92 Å². The monoisotopic (exact) mass is 498 g/mol. The second-order valence-corrected chi connectivity index (χ2v) is 10.0. The molecule has 3 rings (SSSR count). The molecule has 0 heterocycles. The van der Waals surface area contributed by atoms with Gasteiger partial charge in [-0.05, 0) is 43.6 Å². The maximum absolute atomic E-state index is 10.8. The fourth-order valence-corrected chi connectivity index (χ4v) is 5.83. The first kappa shape index (κ1) is 25.3. The van der Waals surface area contributed by atoms with E-state index in [-0.39, 0.29) is 5.97 Å². The van der Waals surface area contributed by atoms with Crippen molar-refractivity contribution in [2.75, 3.05) is 11.9 Å². The van der Waals surface area contributed by atoms with Crippen LogP contribution in [0.4, 0.5) is 0 Å². The van der Waals surface area contributed by atoms with Gasteiger partial charge in [0.15, 0.2) is 0 Å². The summed E-state index contributed by atoms with van der Waals surface area (Å²) < 4.78 is 4.80. The number of carbonyl (C=O) groups is 1. The highest BCUT2D eigenvalue weighted by Gasteiger charge is 2.14. The molecule has 0 spiro atoms. The van der Waals surface area contributed by atoms with Crippen molar-refractivity contribution in [3.8, 4) is 0 Å². The van der Waals surface area contributed by atoms with E-state index in [0.29, 0.717) is 13.0 Å². The molecule has 0 saturated carbocycles. The van der Waals surface area contributed by atoms with E-state index in [1.165, 1.54) is 28.8 Å². The first-order chi connectivity index (χ1) is 15.3. The van der Waals surface area contributed by atoms with Crippen LogP contribution >= 0.6 is 23.9 Å². The van der Waals surface area contributed by atoms with E-state index in [4.69, 9.17) is 4.74 Å². The van der Waals surface area contributed by atoms with Gasteiger partial charge in [0.05, 0.1) is 6.61 Å². The Balaban J connectivity index is 0.000000248. The van der Waals surface area contributed by atoms with Crippen LogP contribution in [-0.4, -0.2) is 17.9 Å². The topological polar surface area (TPSA) is 26.3 Å². The number of benzene rings is 3. The zero-order chi connectivity index (χ0) is 22.2. The van der Waals surface area contributed by atoms with Gasteiger partial charge in [0.1, 0.15) is 0 Å². The molecule has 3 aromatic rings. The molecule has 2 nitrogen and oxygen atoms in total. The van der Waals surface area contributed by atoms with Gasteiger partial charge >= 0.3 is 5.97 Å². The number of hydrogen-bond donors (Lipinski definition) is 0. The van der Waals surface area contributed by atoms with Gasteiger partial charge in [-0.2, -0.15) is 0 Å². The third kappa shape index (κ3) is 9.80. The van der Waals surface area contributed by atoms with Crippen molar-refractivity contribution in [1.29, 1.82) is 0 Å². The van der Waals surface area contributed by atoms with Crippen molar-refractivity contribution in [2.45, 2.75) is 39.0 Å². The Hall–Kier alpha value is -1.96. The summed E-state index contributed by atoms with van der Waals surface area (Å²) in [7, 11) is -0.446. The summed E-state index contributed by atoms with van der Waals surface area (Å²) in [6, 6.07) is 32.3. The van der Waals surface area contributed by atoms with Gasteiger partial charge in [-0.25, -0.2) is 0 Å². The predicted molar refractivity (Wildman–Crippen MR) is 139 cm³/mol. The summed E-state index contributed by atoms with van der Waals surface area (Å²) >= 11 is 3.36. The molecule has 0 aromatic heterocycles. The third-order valence-corrected chi connectivity index (χ3v) is 7.62. The summed E-state index contributed by atoms with van der Waals surface area (Å²) in [5.74, 6) is -0.0589. The highest BCUT2D eigenvalue weighted by Crippen LogP contribution is 2.32. The van der Waals surface area contributed by atoms with Gasteiger partial charge in [0, 0.05) is 11.8 Å². The summed E-state index contributed by atoms with van der Waals surface area (Å²) in [6.45, 7) is 2.34.